The van der Waals surface area contributed by atoms with Crippen LogP contribution in [0.2, 0.25) is 0 Å². The van der Waals surface area contributed by atoms with Gasteiger partial charge in [0.1, 0.15) is 12.2 Å². The first kappa shape index (κ1) is 19.6. The number of hydrogen-bond donors (Lipinski definition) is 0. The molecular formula is C26H30O4. The molecule has 0 radical (unpaired) electrons. The molecule has 4 aliphatic carbocycles. The van der Waals surface area contributed by atoms with Crippen molar-refractivity contribution in [3.8, 4) is 0 Å². The summed E-state index contributed by atoms with van der Waals surface area (Å²) < 4.78 is 12.1. The molecule has 5 rings (SSSR count). The smallest absolute Gasteiger partial charge is 0.338 e. The van der Waals surface area contributed by atoms with Crippen molar-refractivity contribution in [2.24, 2.45) is 23.7 Å². The van der Waals surface area contributed by atoms with Crippen LogP contribution in [0.4, 0.5) is 0 Å². The number of rotatable bonds is 4. The lowest BCUT2D eigenvalue weighted by atomic mass is 9.81. The Hall–Kier alpha value is -2.36. The number of carbonyl (C=O) groups is 2. The number of fused-ring (bicyclic) bond motifs is 5. The van der Waals surface area contributed by atoms with Crippen LogP contribution in [0.3, 0.4) is 0 Å². The molecular weight excluding hydrogens is 376 g/mol. The number of aryl methyl sites for hydroxylation is 2. The van der Waals surface area contributed by atoms with Crippen LogP contribution in [0.25, 0.3) is 0 Å². The Kier molecular flexibility index (Phi) is 4.83. The number of esters is 2. The van der Waals surface area contributed by atoms with Gasteiger partial charge < -0.3 is 9.47 Å². The Morgan fingerprint density at radius 2 is 1.63 bits per heavy atom. The Morgan fingerprint density at radius 3 is 2.33 bits per heavy atom. The van der Waals surface area contributed by atoms with Crippen molar-refractivity contribution in [1.29, 1.82) is 0 Å². The quantitative estimate of drug-likeness (QED) is 0.654. The molecule has 4 aliphatic rings. The molecule has 0 aromatic heterocycles. The van der Waals surface area contributed by atoms with Crippen molar-refractivity contribution in [2.45, 2.75) is 65.1 Å². The average Bonchev–Trinajstić information content (AvgIpc) is 3.45. The van der Waals surface area contributed by atoms with Crippen molar-refractivity contribution >= 4 is 11.9 Å². The van der Waals surface area contributed by atoms with Crippen LogP contribution < -0.4 is 0 Å². The number of carbonyl (C=O) groups excluding carboxylic acids is 2. The van der Waals surface area contributed by atoms with Gasteiger partial charge in [-0.05, 0) is 88.8 Å². The van der Waals surface area contributed by atoms with Gasteiger partial charge in [-0.3, -0.25) is 0 Å². The minimum atomic E-state index is -0.340. The van der Waals surface area contributed by atoms with Gasteiger partial charge >= 0.3 is 11.9 Å². The SMILES string of the molecule is CC1=CCC(C(=O)OC2CC3C4CCC(C4)C3C2OC(=O)c2cc(C)cc(C)c2)=C1. The number of ether oxygens (including phenoxy) is 2. The molecule has 0 amide bonds. The van der Waals surface area contributed by atoms with E-state index in [1.807, 2.05) is 51.1 Å². The Labute approximate surface area is 178 Å². The fourth-order valence-corrected chi connectivity index (χ4v) is 6.54. The number of benzene rings is 1. The highest BCUT2D eigenvalue weighted by molar-refractivity contribution is 5.91. The standard InChI is InChI=1S/C26H30O4/c1-14-4-5-19(9-14)25(27)29-22-13-21-17-6-7-18(12-17)23(21)24(22)30-26(28)20-10-15(2)8-16(3)11-20/h4,8-11,17-18,21-24H,5-7,12-13H2,1-3H3. The summed E-state index contributed by atoms with van der Waals surface area (Å²) >= 11 is 0. The summed E-state index contributed by atoms with van der Waals surface area (Å²) in [5.41, 5.74) is 4.48. The third-order valence-corrected chi connectivity index (χ3v) is 7.68. The van der Waals surface area contributed by atoms with E-state index in [-0.39, 0.29) is 24.1 Å². The van der Waals surface area contributed by atoms with Gasteiger partial charge in [0.15, 0.2) is 0 Å². The fraction of sp³-hybridized carbons (Fsp3) is 0.538. The van der Waals surface area contributed by atoms with Gasteiger partial charge in [0, 0.05) is 11.5 Å². The van der Waals surface area contributed by atoms with E-state index in [0.29, 0.717) is 41.2 Å². The van der Waals surface area contributed by atoms with E-state index in [0.717, 1.165) is 23.1 Å². The van der Waals surface area contributed by atoms with E-state index < -0.39 is 0 Å². The lowest BCUT2D eigenvalue weighted by Crippen LogP contribution is -2.37. The van der Waals surface area contributed by atoms with Gasteiger partial charge in [-0.15, -0.1) is 0 Å². The Morgan fingerprint density at radius 1 is 0.900 bits per heavy atom. The first-order valence-electron chi connectivity index (χ1n) is 11.3. The maximum Gasteiger partial charge on any atom is 0.338 e. The third-order valence-electron chi connectivity index (χ3n) is 7.68. The second-order valence-corrected chi connectivity index (χ2v) is 9.82. The first-order valence-corrected chi connectivity index (χ1v) is 11.3. The van der Waals surface area contributed by atoms with Crippen LogP contribution >= 0.6 is 0 Å². The molecule has 4 heteroatoms. The molecule has 1 aromatic carbocycles. The first-order chi connectivity index (χ1) is 14.4. The maximum absolute atomic E-state index is 13.0. The van der Waals surface area contributed by atoms with Crippen molar-refractivity contribution < 1.29 is 19.1 Å². The van der Waals surface area contributed by atoms with Gasteiger partial charge in [-0.1, -0.05) is 28.8 Å². The molecule has 0 aliphatic heterocycles. The zero-order chi connectivity index (χ0) is 21.0. The zero-order valence-electron chi connectivity index (χ0n) is 18.0. The summed E-state index contributed by atoms with van der Waals surface area (Å²) in [5, 5.41) is 0. The van der Waals surface area contributed by atoms with Crippen molar-refractivity contribution in [1.82, 2.24) is 0 Å². The zero-order valence-corrected chi connectivity index (χ0v) is 18.0. The Balaban J connectivity index is 1.37. The van der Waals surface area contributed by atoms with Gasteiger partial charge in [-0.25, -0.2) is 9.59 Å². The van der Waals surface area contributed by atoms with E-state index >= 15 is 0 Å². The molecule has 0 heterocycles. The lowest BCUT2D eigenvalue weighted by molar-refractivity contribution is -0.150. The van der Waals surface area contributed by atoms with Crippen LogP contribution in [0.1, 0.15) is 60.5 Å². The van der Waals surface area contributed by atoms with Crippen molar-refractivity contribution in [2.75, 3.05) is 0 Å². The largest absolute Gasteiger partial charge is 0.455 e. The molecule has 1 aromatic rings. The summed E-state index contributed by atoms with van der Waals surface area (Å²) in [6.45, 7) is 5.97. The van der Waals surface area contributed by atoms with Crippen LogP contribution in [0.15, 0.2) is 41.5 Å². The highest BCUT2D eigenvalue weighted by atomic mass is 16.6. The summed E-state index contributed by atoms with van der Waals surface area (Å²) in [6, 6.07) is 5.80. The van der Waals surface area contributed by atoms with Crippen LogP contribution in [0, 0.1) is 37.5 Å². The number of allylic oxidation sites excluding steroid dienone is 3. The third kappa shape index (κ3) is 3.40. The summed E-state index contributed by atoms with van der Waals surface area (Å²) in [5.74, 6) is 1.57. The average molecular weight is 407 g/mol. The summed E-state index contributed by atoms with van der Waals surface area (Å²) in [7, 11) is 0. The van der Waals surface area contributed by atoms with E-state index in [1.165, 1.54) is 19.3 Å². The fourth-order valence-electron chi connectivity index (χ4n) is 6.54. The lowest BCUT2D eigenvalue weighted by Gasteiger charge is -2.29. The van der Waals surface area contributed by atoms with E-state index in [9.17, 15) is 9.59 Å². The van der Waals surface area contributed by atoms with Crippen LogP contribution in [-0.2, 0) is 14.3 Å². The maximum atomic E-state index is 13.0. The molecule has 4 nitrogen and oxygen atoms in total. The highest BCUT2D eigenvalue weighted by Crippen LogP contribution is 2.60. The molecule has 0 saturated heterocycles. The van der Waals surface area contributed by atoms with E-state index in [2.05, 4.69) is 0 Å². The normalized spacial score (nSPS) is 33.8. The second kappa shape index (κ2) is 7.40. The van der Waals surface area contributed by atoms with Crippen LogP contribution in [0.5, 0.6) is 0 Å². The molecule has 158 valence electrons. The van der Waals surface area contributed by atoms with Gasteiger partial charge in [0.2, 0.25) is 0 Å². The highest BCUT2D eigenvalue weighted by Gasteiger charge is 2.59. The molecule has 0 spiro atoms. The van der Waals surface area contributed by atoms with Gasteiger partial charge in [0.25, 0.3) is 0 Å². The predicted molar refractivity (Wildman–Crippen MR) is 114 cm³/mol. The van der Waals surface area contributed by atoms with E-state index in [1.54, 1.807) is 0 Å². The monoisotopic (exact) mass is 406 g/mol. The molecule has 0 N–H and O–H groups in total. The van der Waals surface area contributed by atoms with Crippen molar-refractivity contribution in [3.05, 3.63) is 58.2 Å². The number of hydrogen-bond acceptors (Lipinski definition) is 4. The van der Waals surface area contributed by atoms with Gasteiger partial charge in [-0.2, -0.15) is 0 Å². The summed E-state index contributed by atoms with van der Waals surface area (Å²) in [6.07, 6.45) is 8.42. The second-order valence-electron chi connectivity index (χ2n) is 9.82. The Bertz CT molecular complexity index is 936. The molecule has 6 unspecified atom stereocenters. The molecule has 3 fully saturated rings. The minimum absolute atomic E-state index is 0.257. The van der Waals surface area contributed by atoms with Crippen molar-refractivity contribution in [3.63, 3.8) is 0 Å². The molecule has 3 saturated carbocycles. The van der Waals surface area contributed by atoms with Gasteiger partial charge in [0.05, 0.1) is 5.56 Å². The topological polar surface area (TPSA) is 52.6 Å². The minimum Gasteiger partial charge on any atom is -0.455 e. The summed E-state index contributed by atoms with van der Waals surface area (Å²) in [4.78, 5) is 25.8. The van der Waals surface area contributed by atoms with Crippen LogP contribution in [-0.4, -0.2) is 24.1 Å². The van der Waals surface area contributed by atoms with E-state index in [4.69, 9.17) is 9.47 Å². The molecule has 2 bridgehead atoms. The molecule has 30 heavy (non-hydrogen) atoms. The predicted octanol–water partition coefficient (Wildman–Crippen LogP) is 5.08. The molecule has 6 atom stereocenters.